The van der Waals surface area contributed by atoms with Gasteiger partial charge in [-0.2, -0.15) is 4.98 Å². The van der Waals surface area contributed by atoms with Crippen LogP contribution in [0.25, 0.3) is 11.5 Å². The summed E-state index contributed by atoms with van der Waals surface area (Å²) in [6.45, 7) is 1.82. The number of nitrogens with zero attached hydrogens (tertiary/aromatic N) is 4. The van der Waals surface area contributed by atoms with E-state index in [0.717, 1.165) is 56.0 Å². The van der Waals surface area contributed by atoms with Gasteiger partial charge < -0.3 is 15.2 Å². The van der Waals surface area contributed by atoms with Crippen LogP contribution in [0.3, 0.4) is 0 Å². The van der Waals surface area contributed by atoms with Gasteiger partial charge in [-0.25, -0.2) is 4.98 Å². The first kappa shape index (κ1) is 16.7. The molecule has 6 nitrogen and oxygen atoms in total. The van der Waals surface area contributed by atoms with Crippen molar-refractivity contribution in [2.45, 2.75) is 31.7 Å². The molecule has 1 aliphatic heterocycles. The highest BCUT2D eigenvalue weighted by atomic mass is 16.5. The number of hydrogen-bond donors (Lipinski definition) is 1. The Morgan fingerprint density at radius 2 is 2.00 bits per heavy atom. The van der Waals surface area contributed by atoms with Gasteiger partial charge in [-0.3, -0.25) is 0 Å². The summed E-state index contributed by atoms with van der Waals surface area (Å²) in [6.07, 6.45) is 5.61. The van der Waals surface area contributed by atoms with Crippen molar-refractivity contribution in [3.05, 3.63) is 60.0 Å². The standard InChI is InChI=1S/C20H23N5O/c21-17-11-12-25(14-17)19-10-9-16(13-22-19)20-23-18(24-26-20)8-4-7-15-5-2-1-3-6-15/h1-3,5-6,9-10,13,17H,4,7-8,11-12,14,21H2/t17-/m0/s1. The van der Waals surface area contributed by atoms with Crippen LogP contribution in [0.1, 0.15) is 24.2 Å². The summed E-state index contributed by atoms with van der Waals surface area (Å²) in [5.41, 5.74) is 8.14. The zero-order chi connectivity index (χ0) is 17.8. The number of rotatable bonds is 6. The summed E-state index contributed by atoms with van der Waals surface area (Å²) in [7, 11) is 0. The van der Waals surface area contributed by atoms with E-state index < -0.39 is 0 Å². The zero-order valence-electron chi connectivity index (χ0n) is 14.7. The van der Waals surface area contributed by atoms with Gasteiger partial charge in [0.25, 0.3) is 5.89 Å². The quantitative estimate of drug-likeness (QED) is 0.737. The average Bonchev–Trinajstić information content (AvgIpc) is 3.32. The SMILES string of the molecule is N[C@H]1CCN(c2ccc(-c3nc(CCCc4ccccc4)no3)cn2)C1. The highest BCUT2D eigenvalue weighted by molar-refractivity contribution is 5.55. The number of benzene rings is 1. The van der Waals surface area contributed by atoms with Crippen molar-refractivity contribution in [3.8, 4) is 11.5 Å². The summed E-state index contributed by atoms with van der Waals surface area (Å²) < 4.78 is 5.40. The second-order valence-corrected chi connectivity index (χ2v) is 6.75. The molecule has 0 aliphatic carbocycles. The Balaban J connectivity index is 1.35. The van der Waals surface area contributed by atoms with Gasteiger partial charge in [-0.05, 0) is 37.0 Å². The minimum Gasteiger partial charge on any atom is -0.355 e. The summed E-state index contributed by atoms with van der Waals surface area (Å²) in [5.74, 6) is 2.21. The van der Waals surface area contributed by atoms with Gasteiger partial charge in [-0.1, -0.05) is 35.5 Å². The van der Waals surface area contributed by atoms with E-state index in [0.29, 0.717) is 5.89 Å². The monoisotopic (exact) mass is 349 g/mol. The van der Waals surface area contributed by atoms with Crippen LogP contribution in [0.2, 0.25) is 0 Å². The molecule has 1 atom stereocenters. The predicted molar refractivity (Wildman–Crippen MR) is 101 cm³/mol. The van der Waals surface area contributed by atoms with Gasteiger partial charge in [0.1, 0.15) is 5.82 Å². The third kappa shape index (κ3) is 3.91. The first-order valence-corrected chi connectivity index (χ1v) is 9.11. The lowest BCUT2D eigenvalue weighted by Crippen LogP contribution is -2.26. The molecular formula is C20H23N5O. The van der Waals surface area contributed by atoms with Gasteiger partial charge in [0.15, 0.2) is 5.82 Å². The van der Waals surface area contributed by atoms with Gasteiger partial charge >= 0.3 is 0 Å². The highest BCUT2D eigenvalue weighted by Gasteiger charge is 2.20. The summed E-state index contributed by atoms with van der Waals surface area (Å²) >= 11 is 0. The molecule has 3 heterocycles. The lowest BCUT2D eigenvalue weighted by atomic mass is 10.1. The molecular weight excluding hydrogens is 326 g/mol. The van der Waals surface area contributed by atoms with E-state index in [1.54, 1.807) is 6.20 Å². The molecule has 0 unspecified atom stereocenters. The average molecular weight is 349 g/mol. The number of hydrogen-bond acceptors (Lipinski definition) is 6. The number of nitrogens with two attached hydrogens (primary N) is 1. The maximum absolute atomic E-state index is 5.96. The maximum Gasteiger partial charge on any atom is 0.259 e. The Hall–Kier alpha value is -2.73. The van der Waals surface area contributed by atoms with Crippen molar-refractivity contribution in [1.82, 2.24) is 15.1 Å². The van der Waals surface area contributed by atoms with Crippen molar-refractivity contribution < 1.29 is 4.52 Å². The molecule has 26 heavy (non-hydrogen) atoms. The molecule has 134 valence electrons. The minimum absolute atomic E-state index is 0.242. The Bertz CT molecular complexity index is 831. The van der Waals surface area contributed by atoms with Crippen molar-refractivity contribution in [3.63, 3.8) is 0 Å². The van der Waals surface area contributed by atoms with Crippen LogP contribution >= 0.6 is 0 Å². The maximum atomic E-state index is 5.96. The highest BCUT2D eigenvalue weighted by Crippen LogP contribution is 2.22. The molecule has 1 aliphatic rings. The molecule has 2 aromatic heterocycles. The zero-order valence-corrected chi connectivity index (χ0v) is 14.7. The third-order valence-electron chi connectivity index (χ3n) is 4.72. The topological polar surface area (TPSA) is 81.1 Å². The Morgan fingerprint density at radius 1 is 1.12 bits per heavy atom. The summed E-state index contributed by atoms with van der Waals surface area (Å²) in [6, 6.07) is 14.7. The normalized spacial score (nSPS) is 17.0. The van der Waals surface area contributed by atoms with E-state index in [2.05, 4.69) is 44.3 Å². The van der Waals surface area contributed by atoms with Crippen LogP contribution in [-0.2, 0) is 12.8 Å². The molecule has 0 spiro atoms. The molecule has 2 N–H and O–H groups in total. The van der Waals surface area contributed by atoms with Crippen LogP contribution in [0.15, 0.2) is 53.2 Å². The van der Waals surface area contributed by atoms with Crippen LogP contribution in [0.4, 0.5) is 5.82 Å². The lowest BCUT2D eigenvalue weighted by Gasteiger charge is -2.16. The van der Waals surface area contributed by atoms with Gasteiger partial charge in [-0.15, -0.1) is 0 Å². The fraction of sp³-hybridized carbons (Fsp3) is 0.350. The number of anilines is 1. The van der Waals surface area contributed by atoms with E-state index in [9.17, 15) is 0 Å². The molecule has 0 bridgehead atoms. The van der Waals surface area contributed by atoms with Crippen LogP contribution < -0.4 is 10.6 Å². The summed E-state index contributed by atoms with van der Waals surface area (Å²) in [5, 5.41) is 4.09. The largest absolute Gasteiger partial charge is 0.355 e. The molecule has 3 aromatic rings. The molecule has 4 rings (SSSR count). The molecule has 0 saturated carbocycles. The minimum atomic E-state index is 0.242. The van der Waals surface area contributed by atoms with Crippen LogP contribution in [-0.4, -0.2) is 34.3 Å². The van der Waals surface area contributed by atoms with Crippen molar-refractivity contribution >= 4 is 5.82 Å². The Labute approximate surface area is 153 Å². The van der Waals surface area contributed by atoms with Gasteiger partial charge in [0, 0.05) is 31.7 Å². The van der Waals surface area contributed by atoms with E-state index in [4.69, 9.17) is 10.3 Å². The van der Waals surface area contributed by atoms with Crippen molar-refractivity contribution in [2.24, 2.45) is 5.73 Å². The van der Waals surface area contributed by atoms with E-state index in [1.165, 1.54) is 5.56 Å². The molecule has 6 heteroatoms. The fourth-order valence-corrected chi connectivity index (χ4v) is 3.26. The first-order chi connectivity index (χ1) is 12.8. The molecule has 0 amide bonds. The summed E-state index contributed by atoms with van der Waals surface area (Å²) in [4.78, 5) is 11.2. The fourth-order valence-electron chi connectivity index (χ4n) is 3.26. The number of pyridine rings is 1. The molecule has 1 saturated heterocycles. The van der Waals surface area contributed by atoms with E-state index >= 15 is 0 Å². The number of aromatic nitrogens is 3. The van der Waals surface area contributed by atoms with Crippen LogP contribution in [0, 0.1) is 0 Å². The second-order valence-electron chi connectivity index (χ2n) is 6.75. The van der Waals surface area contributed by atoms with Gasteiger partial charge in [0.2, 0.25) is 0 Å². The lowest BCUT2D eigenvalue weighted by molar-refractivity contribution is 0.421. The Kier molecular flexibility index (Phi) is 4.93. The molecule has 1 fully saturated rings. The number of aryl methyl sites for hydroxylation is 2. The van der Waals surface area contributed by atoms with E-state index in [1.807, 2.05) is 18.2 Å². The Morgan fingerprint density at radius 3 is 2.73 bits per heavy atom. The van der Waals surface area contributed by atoms with Crippen molar-refractivity contribution in [2.75, 3.05) is 18.0 Å². The molecule has 1 aromatic carbocycles. The van der Waals surface area contributed by atoms with Gasteiger partial charge in [0.05, 0.1) is 5.56 Å². The smallest absolute Gasteiger partial charge is 0.259 e. The van der Waals surface area contributed by atoms with Crippen molar-refractivity contribution in [1.29, 1.82) is 0 Å². The third-order valence-corrected chi connectivity index (χ3v) is 4.72. The van der Waals surface area contributed by atoms with E-state index in [-0.39, 0.29) is 6.04 Å². The first-order valence-electron chi connectivity index (χ1n) is 9.11. The van der Waals surface area contributed by atoms with Crippen LogP contribution in [0.5, 0.6) is 0 Å². The predicted octanol–water partition coefficient (Wildman–Crippen LogP) is 2.84. The molecule has 0 radical (unpaired) electrons. The second kappa shape index (κ2) is 7.66.